The van der Waals surface area contributed by atoms with Crippen LogP contribution < -0.4 is 0 Å². The molecule has 2 fully saturated rings. The van der Waals surface area contributed by atoms with Gasteiger partial charge >= 0.3 is 0 Å². The lowest BCUT2D eigenvalue weighted by atomic mass is 9.60. The van der Waals surface area contributed by atoms with Crippen molar-refractivity contribution in [2.75, 3.05) is 6.54 Å². The van der Waals surface area contributed by atoms with Crippen molar-refractivity contribution in [1.29, 1.82) is 0 Å². The normalized spacial score (nSPS) is 29.6. The van der Waals surface area contributed by atoms with Crippen molar-refractivity contribution in [2.45, 2.75) is 58.4 Å². The molecule has 124 valence electrons. The van der Waals surface area contributed by atoms with E-state index in [1.54, 1.807) is 0 Å². The minimum atomic E-state index is -0.175. The maximum absolute atomic E-state index is 13.5. The Balaban J connectivity index is 1.90. The topological polar surface area (TPSA) is 20.3 Å². The highest BCUT2D eigenvalue weighted by Crippen LogP contribution is 2.51. The van der Waals surface area contributed by atoms with Crippen LogP contribution in [0.15, 0.2) is 42.5 Å². The summed E-state index contributed by atoms with van der Waals surface area (Å²) in [5, 5.41) is 0. The zero-order valence-corrected chi connectivity index (χ0v) is 14.6. The van der Waals surface area contributed by atoms with E-state index in [9.17, 15) is 4.79 Å². The van der Waals surface area contributed by atoms with E-state index < -0.39 is 0 Å². The summed E-state index contributed by atoms with van der Waals surface area (Å²) >= 11 is 0. The van der Waals surface area contributed by atoms with E-state index in [1.807, 2.05) is 6.07 Å². The molecule has 3 atom stereocenters. The van der Waals surface area contributed by atoms with Crippen LogP contribution >= 0.6 is 0 Å². The van der Waals surface area contributed by atoms with Gasteiger partial charge in [0.25, 0.3) is 0 Å². The van der Waals surface area contributed by atoms with Crippen LogP contribution in [0.5, 0.6) is 0 Å². The van der Waals surface area contributed by atoms with Crippen LogP contribution in [0.1, 0.15) is 64.0 Å². The number of hydrogen-bond donors (Lipinski definition) is 0. The minimum absolute atomic E-state index is 0.161. The number of carbonyl (C=O) groups is 1. The van der Waals surface area contributed by atoms with E-state index in [1.165, 1.54) is 24.0 Å². The molecule has 2 aliphatic rings. The van der Waals surface area contributed by atoms with Crippen molar-refractivity contribution in [3.8, 4) is 0 Å². The quantitative estimate of drug-likeness (QED) is 0.709. The van der Waals surface area contributed by atoms with Gasteiger partial charge < -0.3 is 4.90 Å². The van der Waals surface area contributed by atoms with Crippen LogP contribution in [0.4, 0.5) is 0 Å². The molecule has 1 aromatic carbocycles. The zero-order valence-electron chi connectivity index (χ0n) is 14.6. The van der Waals surface area contributed by atoms with Crippen molar-refractivity contribution in [2.24, 2.45) is 11.3 Å². The van der Waals surface area contributed by atoms with E-state index in [4.69, 9.17) is 0 Å². The Morgan fingerprint density at radius 3 is 2.61 bits per heavy atom. The molecule has 0 aromatic heterocycles. The monoisotopic (exact) mass is 311 g/mol. The van der Waals surface area contributed by atoms with E-state index in [-0.39, 0.29) is 11.5 Å². The Morgan fingerprint density at radius 2 is 1.91 bits per heavy atom. The summed E-state index contributed by atoms with van der Waals surface area (Å²) in [6.45, 7) is 9.40. The van der Waals surface area contributed by atoms with Gasteiger partial charge in [0.1, 0.15) is 0 Å². The van der Waals surface area contributed by atoms with Crippen LogP contribution in [0, 0.1) is 11.3 Å². The molecule has 0 bridgehead atoms. The molecule has 0 unspecified atom stereocenters. The second-order valence-corrected chi connectivity index (χ2v) is 7.49. The summed E-state index contributed by atoms with van der Waals surface area (Å²) in [7, 11) is 0. The summed E-state index contributed by atoms with van der Waals surface area (Å²) in [6, 6.07) is 10.6. The summed E-state index contributed by atoms with van der Waals surface area (Å²) in [5.41, 5.74) is 2.26. The molecular formula is C21H29NO. The molecule has 1 heterocycles. The Kier molecular flexibility index (Phi) is 4.61. The Hall–Kier alpha value is -1.57. The maximum Gasteiger partial charge on any atom is 0.229 e. The molecule has 2 nitrogen and oxygen atoms in total. The smallest absolute Gasteiger partial charge is 0.229 e. The molecule has 3 rings (SSSR count). The number of hydrogen-bond acceptors (Lipinski definition) is 1. The first kappa shape index (κ1) is 16.3. The molecular weight excluding hydrogens is 282 g/mol. The molecule has 1 amide bonds. The average molecular weight is 311 g/mol. The van der Waals surface area contributed by atoms with Gasteiger partial charge in [0, 0.05) is 6.54 Å². The molecule has 0 N–H and O–H groups in total. The van der Waals surface area contributed by atoms with Crippen molar-refractivity contribution < 1.29 is 4.79 Å². The first-order chi connectivity index (χ1) is 11.1. The van der Waals surface area contributed by atoms with Gasteiger partial charge in [0.2, 0.25) is 5.91 Å². The summed E-state index contributed by atoms with van der Waals surface area (Å²) in [6.07, 6.45) is 6.76. The first-order valence-electron chi connectivity index (χ1n) is 9.08. The molecule has 23 heavy (non-hydrogen) atoms. The van der Waals surface area contributed by atoms with Crippen LogP contribution in [-0.4, -0.2) is 17.4 Å². The molecule has 1 saturated carbocycles. The molecule has 1 saturated heterocycles. The van der Waals surface area contributed by atoms with E-state index >= 15 is 0 Å². The molecule has 1 aliphatic carbocycles. The summed E-state index contributed by atoms with van der Waals surface area (Å²) in [4.78, 5) is 15.7. The standard InChI is InChI=1S/C21H29NO/c1-16(2)19-12-7-8-13-21(19)14-9-15-22(20(21)23)17(3)18-10-5-4-6-11-18/h4-6,10-11,17,19H,1,7-9,12-15H2,2-3H3/t17-,19-,21-/m0/s1. The summed E-state index contributed by atoms with van der Waals surface area (Å²) in [5.74, 6) is 0.752. The maximum atomic E-state index is 13.5. The van der Waals surface area contributed by atoms with Gasteiger partial charge in [-0.3, -0.25) is 4.79 Å². The van der Waals surface area contributed by atoms with Crippen LogP contribution in [0.3, 0.4) is 0 Å². The Morgan fingerprint density at radius 1 is 1.22 bits per heavy atom. The number of nitrogens with zero attached hydrogens (tertiary/aromatic N) is 1. The molecule has 0 radical (unpaired) electrons. The molecule has 1 spiro atoms. The lowest BCUT2D eigenvalue weighted by molar-refractivity contribution is -0.155. The van der Waals surface area contributed by atoms with Crippen molar-refractivity contribution in [1.82, 2.24) is 4.90 Å². The van der Waals surface area contributed by atoms with Crippen LogP contribution in [0.25, 0.3) is 0 Å². The fourth-order valence-corrected chi connectivity index (χ4v) is 4.85. The van der Waals surface area contributed by atoms with Crippen LogP contribution in [-0.2, 0) is 4.79 Å². The number of carbonyl (C=O) groups excluding carboxylic acids is 1. The number of piperidine rings is 1. The lowest BCUT2D eigenvalue weighted by Crippen LogP contribution is -2.54. The fraction of sp³-hybridized carbons (Fsp3) is 0.571. The lowest BCUT2D eigenvalue weighted by Gasteiger charge is -2.50. The fourth-order valence-electron chi connectivity index (χ4n) is 4.85. The van der Waals surface area contributed by atoms with Gasteiger partial charge in [-0.2, -0.15) is 0 Å². The van der Waals surface area contributed by atoms with Crippen molar-refractivity contribution in [3.05, 3.63) is 48.0 Å². The van der Waals surface area contributed by atoms with Gasteiger partial charge in [-0.05, 0) is 51.0 Å². The van der Waals surface area contributed by atoms with Crippen molar-refractivity contribution >= 4 is 5.91 Å². The second kappa shape index (κ2) is 6.51. The molecule has 2 heteroatoms. The number of benzene rings is 1. The van der Waals surface area contributed by atoms with Gasteiger partial charge in [-0.15, -0.1) is 0 Å². The predicted octanol–water partition coefficient (Wildman–Crippen LogP) is 5.12. The second-order valence-electron chi connectivity index (χ2n) is 7.49. The van der Waals surface area contributed by atoms with Gasteiger partial charge in [-0.1, -0.05) is 55.3 Å². The predicted molar refractivity (Wildman–Crippen MR) is 95.0 cm³/mol. The SMILES string of the molecule is C=C(C)[C@@H]1CCCC[C@]12CCCN([C@@H](C)c1ccccc1)C2=O. The zero-order chi connectivity index (χ0) is 16.4. The van der Waals surface area contributed by atoms with Crippen molar-refractivity contribution in [3.63, 3.8) is 0 Å². The molecule has 1 aromatic rings. The van der Waals surface area contributed by atoms with E-state index in [0.717, 1.165) is 32.2 Å². The van der Waals surface area contributed by atoms with Crippen LogP contribution in [0.2, 0.25) is 0 Å². The highest BCUT2D eigenvalue weighted by atomic mass is 16.2. The molecule has 1 aliphatic heterocycles. The largest absolute Gasteiger partial charge is 0.335 e. The number of likely N-dealkylation sites (tertiary alicyclic amines) is 1. The number of allylic oxidation sites excluding steroid dienone is 1. The third kappa shape index (κ3) is 2.84. The number of rotatable bonds is 3. The Labute approximate surface area is 140 Å². The summed E-state index contributed by atoms with van der Waals surface area (Å²) < 4.78 is 0. The minimum Gasteiger partial charge on any atom is -0.335 e. The first-order valence-corrected chi connectivity index (χ1v) is 9.08. The van der Waals surface area contributed by atoms with Gasteiger partial charge in [-0.25, -0.2) is 0 Å². The van der Waals surface area contributed by atoms with Gasteiger partial charge in [0.15, 0.2) is 0 Å². The highest BCUT2D eigenvalue weighted by Gasteiger charge is 2.51. The average Bonchev–Trinajstić information content (AvgIpc) is 2.58. The third-order valence-corrected chi connectivity index (χ3v) is 6.09. The third-order valence-electron chi connectivity index (χ3n) is 6.09. The number of amides is 1. The Bertz CT molecular complexity index is 575. The van der Waals surface area contributed by atoms with Gasteiger partial charge in [0.05, 0.1) is 11.5 Å². The van der Waals surface area contributed by atoms with E-state index in [2.05, 4.69) is 49.6 Å². The van der Waals surface area contributed by atoms with E-state index in [0.29, 0.717) is 11.8 Å². The highest BCUT2D eigenvalue weighted by molar-refractivity contribution is 5.85.